The van der Waals surface area contributed by atoms with Gasteiger partial charge in [-0.2, -0.15) is 0 Å². The summed E-state index contributed by atoms with van der Waals surface area (Å²) in [6, 6.07) is 0. The first-order valence-electron chi connectivity index (χ1n) is 3.03. The number of nitrogen functional groups attached to an aromatic ring is 1. The number of carbonyl (C=O) groups is 1. The lowest BCUT2D eigenvalue weighted by atomic mass is 10.6. The average Bonchev–Trinajstić information content (AvgIpc) is 2.35. The van der Waals surface area contributed by atoms with Crippen LogP contribution in [0.15, 0.2) is 10.5 Å². The highest BCUT2D eigenvalue weighted by Crippen LogP contribution is 2.08. The summed E-state index contributed by atoms with van der Waals surface area (Å²) < 4.78 is 0. The molecule has 6 heteroatoms. The van der Waals surface area contributed by atoms with E-state index in [2.05, 4.69) is 21.2 Å². The average molecular weight is 184 g/mol. The van der Waals surface area contributed by atoms with Crippen molar-refractivity contribution in [1.29, 1.82) is 0 Å². The standard InChI is InChI=1S/C6H6N3O2S/c1-4(10)11-8-2-5-3-12-6(7)9-5/h3H,1H3,(H2,7,9). The zero-order valence-corrected chi connectivity index (χ0v) is 7.09. The van der Waals surface area contributed by atoms with E-state index in [4.69, 9.17) is 5.73 Å². The van der Waals surface area contributed by atoms with Gasteiger partial charge in [0.25, 0.3) is 0 Å². The van der Waals surface area contributed by atoms with Gasteiger partial charge in [-0.25, -0.2) is 9.78 Å². The van der Waals surface area contributed by atoms with Gasteiger partial charge in [0.15, 0.2) is 11.3 Å². The molecule has 0 fully saturated rings. The van der Waals surface area contributed by atoms with Crippen LogP contribution in [0.25, 0.3) is 0 Å². The van der Waals surface area contributed by atoms with Gasteiger partial charge in [0, 0.05) is 12.3 Å². The number of hydrogen-bond donors (Lipinski definition) is 1. The number of hydrogen-bond acceptors (Lipinski definition) is 6. The molecule has 0 aromatic carbocycles. The maximum Gasteiger partial charge on any atom is 0.332 e. The van der Waals surface area contributed by atoms with Gasteiger partial charge in [0.1, 0.15) is 5.69 Å². The van der Waals surface area contributed by atoms with E-state index in [1.165, 1.54) is 18.3 Å². The molecule has 0 aliphatic rings. The minimum absolute atomic E-state index is 0.426. The zero-order chi connectivity index (χ0) is 8.97. The van der Waals surface area contributed by atoms with E-state index in [0.29, 0.717) is 10.8 Å². The van der Waals surface area contributed by atoms with Crippen LogP contribution in [0.4, 0.5) is 5.13 Å². The molecule has 0 saturated heterocycles. The Balaban J connectivity index is 2.52. The third-order valence-corrected chi connectivity index (χ3v) is 1.53. The molecule has 0 unspecified atom stereocenters. The third kappa shape index (κ3) is 2.67. The highest BCUT2D eigenvalue weighted by atomic mass is 32.1. The summed E-state index contributed by atoms with van der Waals surface area (Å²) in [6.07, 6.45) is 2.40. The summed E-state index contributed by atoms with van der Waals surface area (Å²) in [4.78, 5) is 18.3. The van der Waals surface area contributed by atoms with Crippen LogP contribution in [0.2, 0.25) is 0 Å². The van der Waals surface area contributed by atoms with Crippen LogP contribution in [0, 0.1) is 0 Å². The molecule has 0 saturated carbocycles. The van der Waals surface area contributed by atoms with Gasteiger partial charge in [-0.15, -0.1) is 11.3 Å². The lowest BCUT2D eigenvalue weighted by Gasteiger charge is -1.85. The minimum Gasteiger partial charge on any atom is -0.375 e. The molecule has 0 bridgehead atoms. The monoisotopic (exact) mass is 184 g/mol. The van der Waals surface area contributed by atoms with E-state index >= 15 is 0 Å². The lowest BCUT2D eigenvalue weighted by molar-refractivity contribution is -0.140. The fraction of sp³-hybridized carbons (Fsp3) is 0.167. The first-order chi connectivity index (χ1) is 5.68. The molecule has 0 aliphatic carbocycles. The summed E-state index contributed by atoms with van der Waals surface area (Å²) in [6.45, 7) is 1.25. The van der Waals surface area contributed by atoms with Gasteiger partial charge in [-0.05, 0) is 0 Å². The van der Waals surface area contributed by atoms with E-state index in [1.54, 1.807) is 5.38 Å². The SMILES string of the molecule is CC(=O)O/N=[C]/c1csc(N)n1. The molecule has 1 radical (unpaired) electrons. The van der Waals surface area contributed by atoms with Crippen LogP contribution >= 0.6 is 11.3 Å². The summed E-state index contributed by atoms with van der Waals surface area (Å²) in [7, 11) is 0. The van der Waals surface area contributed by atoms with Crippen LogP contribution in [-0.2, 0) is 9.63 Å². The maximum absolute atomic E-state index is 10.2. The fourth-order valence-electron chi connectivity index (χ4n) is 0.473. The maximum atomic E-state index is 10.2. The van der Waals surface area contributed by atoms with E-state index in [0.717, 1.165) is 0 Å². The Morgan fingerprint density at radius 1 is 1.92 bits per heavy atom. The first-order valence-corrected chi connectivity index (χ1v) is 3.91. The smallest absolute Gasteiger partial charge is 0.332 e. The van der Waals surface area contributed by atoms with Crippen LogP contribution in [-0.4, -0.2) is 17.2 Å². The van der Waals surface area contributed by atoms with Crippen LogP contribution < -0.4 is 5.73 Å². The van der Waals surface area contributed by atoms with Crippen molar-refractivity contribution in [3.05, 3.63) is 11.1 Å². The second-order valence-electron chi connectivity index (χ2n) is 1.86. The van der Waals surface area contributed by atoms with Crippen molar-refractivity contribution in [1.82, 2.24) is 4.98 Å². The molecule has 0 spiro atoms. The Hall–Kier alpha value is -1.43. The number of carbonyl (C=O) groups excluding carboxylic acids is 1. The molecule has 5 nitrogen and oxygen atoms in total. The quantitative estimate of drug-likeness (QED) is 0.412. The van der Waals surface area contributed by atoms with E-state index < -0.39 is 5.97 Å². The van der Waals surface area contributed by atoms with Gasteiger partial charge < -0.3 is 10.6 Å². The molecule has 1 aromatic rings. The largest absolute Gasteiger partial charge is 0.375 e. The number of thiazole rings is 1. The molecule has 1 rings (SSSR count). The van der Waals surface area contributed by atoms with Crippen LogP contribution in [0.5, 0.6) is 0 Å². The van der Waals surface area contributed by atoms with Crippen molar-refractivity contribution < 1.29 is 9.63 Å². The predicted octanol–water partition coefficient (Wildman–Crippen LogP) is 0.499. The number of anilines is 1. The molecular formula is C6H6N3O2S. The normalized spacial score (nSPS) is 10.4. The van der Waals surface area contributed by atoms with Crippen molar-refractivity contribution >= 4 is 28.7 Å². The topological polar surface area (TPSA) is 77.6 Å². The molecule has 0 aliphatic heterocycles. The van der Waals surface area contributed by atoms with Crippen molar-refractivity contribution in [2.24, 2.45) is 5.16 Å². The van der Waals surface area contributed by atoms with Gasteiger partial charge >= 0.3 is 5.97 Å². The van der Waals surface area contributed by atoms with Crippen molar-refractivity contribution in [3.63, 3.8) is 0 Å². The number of nitrogens with two attached hydrogens (primary N) is 1. The van der Waals surface area contributed by atoms with E-state index in [1.807, 2.05) is 0 Å². The fourth-order valence-corrected chi connectivity index (χ4v) is 0.962. The first kappa shape index (κ1) is 8.66. The highest BCUT2D eigenvalue weighted by molar-refractivity contribution is 7.13. The molecule has 0 amide bonds. The Morgan fingerprint density at radius 2 is 2.67 bits per heavy atom. The Morgan fingerprint density at radius 3 is 3.17 bits per heavy atom. The Bertz CT molecular complexity index is 307. The number of nitrogens with zero attached hydrogens (tertiary/aromatic N) is 2. The second-order valence-corrected chi connectivity index (χ2v) is 2.75. The molecule has 1 aromatic heterocycles. The summed E-state index contributed by atoms with van der Waals surface area (Å²) >= 11 is 1.27. The number of rotatable bonds is 2. The summed E-state index contributed by atoms with van der Waals surface area (Å²) in [5.41, 5.74) is 5.79. The Labute approximate surface area is 72.9 Å². The van der Waals surface area contributed by atoms with Crippen LogP contribution in [0.1, 0.15) is 12.6 Å². The second kappa shape index (κ2) is 3.82. The van der Waals surface area contributed by atoms with Crippen molar-refractivity contribution in [2.45, 2.75) is 6.92 Å². The van der Waals surface area contributed by atoms with E-state index in [-0.39, 0.29) is 0 Å². The van der Waals surface area contributed by atoms with Crippen molar-refractivity contribution in [2.75, 3.05) is 5.73 Å². The minimum atomic E-state index is -0.495. The van der Waals surface area contributed by atoms with Gasteiger partial charge in [0.2, 0.25) is 0 Å². The van der Waals surface area contributed by atoms with Crippen molar-refractivity contribution in [3.8, 4) is 0 Å². The van der Waals surface area contributed by atoms with Crippen LogP contribution in [0.3, 0.4) is 0 Å². The van der Waals surface area contributed by atoms with Gasteiger partial charge in [-0.3, -0.25) is 0 Å². The van der Waals surface area contributed by atoms with E-state index in [9.17, 15) is 4.79 Å². The Kier molecular flexibility index (Phi) is 2.76. The molecule has 12 heavy (non-hydrogen) atoms. The molecule has 1 heterocycles. The van der Waals surface area contributed by atoms with Gasteiger partial charge in [0.05, 0.1) is 0 Å². The zero-order valence-electron chi connectivity index (χ0n) is 6.27. The third-order valence-electron chi connectivity index (χ3n) is 0.856. The lowest BCUT2D eigenvalue weighted by Crippen LogP contribution is -1.92. The molecule has 63 valence electrons. The summed E-state index contributed by atoms with van der Waals surface area (Å²) in [5.74, 6) is -0.495. The molecular weight excluding hydrogens is 178 g/mol. The molecule has 0 atom stereocenters. The summed E-state index contributed by atoms with van der Waals surface area (Å²) in [5, 5.41) is 5.33. The highest BCUT2D eigenvalue weighted by Gasteiger charge is 1.95. The van der Waals surface area contributed by atoms with Gasteiger partial charge in [-0.1, -0.05) is 5.16 Å². The number of aromatic nitrogens is 1. The predicted molar refractivity (Wildman–Crippen MR) is 44.8 cm³/mol. The molecule has 2 N–H and O–H groups in total.